The van der Waals surface area contributed by atoms with E-state index in [9.17, 15) is 9.90 Å². The van der Waals surface area contributed by atoms with Crippen molar-refractivity contribution in [3.63, 3.8) is 0 Å². The predicted molar refractivity (Wildman–Crippen MR) is 143 cm³/mol. The number of ether oxygens (including phenoxy) is 1. The molecule has 3 aromatic heterocycles. The van der Waals surface area contributed by atoms with Crippen LogP contribution in [0.1, 0.15) is 50.4 Å². The summed E-state index contributed by atoms with van der Waals surface area (Å²) in [6, 6.07) is 9.60. The highest BCUT2D eigenvalue weighted by Crippen LogP contribution is 2.46. The van der Waals surface area contributed by atoms with Crippen molar-refractivity contribution in [2.75, 3.05) is 24.6 Å². The molecule has 1 aromatic carbocycles. The van der Waals surface area contributed by atoms with E-state index in [0.29, 0.717) is 19.7 Å². The number of carbonyl (C=O) groups is 1. The molecule has 1 N–H and O–H groups in total. The predicted octanol–water partition coefficient (Wildman–Crippen LogP) is 5.04. The zero-order chi connectivity index (χ0) is 26.8. The molecule has 0 aliphatic carbocycles. The smallest absolute Gasteiger partial charge is 0.408 e. The lowest BCUT2D eigenvalue weighted by molar-refractivity contribution is 0.0762. The van der Waals surface area contributed by atoms with Crippen molar-refractivity contribution in [1.29, 1.82) is 0 Å². The van der Waals surface area contributed by atoms with Gasteiger partial charge in [0.05, 0.1) is 28.5 Å². The lowest BCUT2D eigenvalue weighted by atomic mass is 10.0. The van der Waals surface area contributed by atoms with E-state index in [0.717, 1.165) is 57.4 Å². The van der Waals surface area contributed by atoms with Gasteiger partial charge in [-0.2, -0.15) is 0 Å². The molecule has 4 aromatic rings. The van der Waals surface area contributed by atoms with Crippen molar-refractivity contribution in [2.24, 2.45) is 0 Å². The van der Waals surface area contributed by atoms with Gasteiger partial charge < -0.3 is 19.3 Å². The van der Waals surface area contributed by atoms with Gasteiger partial charge in [0.25, 0.3) is 0 Å². The Bertz CT molecular complexity index is 1500. The minimum absolute atomic E-state index is 0.134. The van der Waals surface area contributed by atoms with Crippen LogP contribution in [-0.4, -0.2) is 67.1 Å². The van der Waals surface area contributed by atoms with Gasteiger partial charge in [-0.3, -0.25) is 14.5 Å². The number of rotatable bonds is 4. The summed E-state index contributed by atoms with van der Waals surface area (Å²) >= 11 is 0. The van der Waals surface area contributed by atoms with Crippen LogP contribution in [0.15, 0.2) is 41.1 Å². The van der Waals surface area contributed by atoms with E-state index in [1.54, 1.807) is 11.1 Å². The molecule has 10 heteroatoms. The zero-order valence-corrected chi connectivity index (χ0v) is 22.3. The van der Waals surface area contributed by atoms with Crippen molar-refractivity contribution < 1.29 is 19.2 Å². The number of pyridine rings is 1. The maximum Gasteiger partial charge on any atom is 0.408 e. The van der Waals surface area contributed by atoms with Gasteiger partial charge >= 0.3 is 6.09 Å². The van der Waals surface area contributed by atoms with E-state index in [1.165, 1.54) is 0 Å². The summed E-state index contributed by atoms with van der Waals surface area (Å²) < 4.78 is 14.2. The number of anilines is 1. The van der Waals surface area contributed by atoms with Crippen molar-refractivity contribution in [3.05, 3.63) is 53.7 Å². The van der Waals surface area contributed by atoms with Gasteiger partial charge in [-0.15, -0.1) is 0 Å². The van der Waals surface area contributed by atoms with Crippen LogP contribution in [-0.2, 0) is 0 Å². The normalized spacial score (nSPS) is 19.1. The molecule has 0 spiro atoms. The summed E-state index contributed by atoms with van der Waals surface area (Å²) in [5.41, 5.74) is 4.76. The van der Waals surface area contributed by atoms with Crippen LogP contribution in [0.4, 0.5) is 10.7 Å². The number of hydrogen-bond donors (Lipinski definition) is 1. The Morgan fingerprint density at radius 1 is 1.18 bits per heavy atom. The molecule has 2 aliphatic rings. The highest BCUT2D eigenvalue weighted by molar-refractivity contribution is 5.94. The fourth-order valence-corrected chi connectivity index (χ4v) is 6.03. The number of carboxylic acid groups (broad SMARTS) is 1. The Morgan fingerprint density at radius 3 is 2.66 bits per heavy atom. The molecule has 2 aliphatic heterocycles. The fourth-order valence-electron chi connectivity index (χ4n) is 6.03. The first-order valence-electron chi connectivity index (χ1n) is 12.9. The molecule has 2 atom stereocenters. The van der Waals surface area contributed by atoms with E-state index < -0.39 is 11.6 Å². The van der Waals surface area contributed by atoms with Crippen LogP contribution in [0.25, 0.3) is 22.2 Å². The van der Waals surface area contributed by atoms with Crippen LogP contribution >= 0.6 is 0 Å². The van der Waals surface area contributed by atoms with Gasteiger partial charge in [0.1, 0.15) is 23.9 Å². The van der Waals surface area contributed by atoms with Gasteiger partial charge in [-0.05, 0) is 65.3 Å². The molecule has 38 heavy (non-hydrogen) atoms. The maximum absolute atomic E-state index is 12.2. The number of aryl methyl sites for hydroxylation is 2. The largest absolute Gasteiger partial charge is 0.488 e. The Morgan fingerprint density at radius 2 is 2.00 bits per heavy atom. The molecule has 5 heterocycles. The second kappa shape index (κ2) is 8.75. The molecule has 1 saturated heterocycles. The third kappa shape index (κ3) is 3.77. The Balaban J connectivity index is 1.51. The third-order valence-electron chi connectivity index (χ3n) is 7.56. The van der Waals surface area contributed by atoms with E-state index in [-0.39, 0.29) is 12.1 Å². The molecule has 0 unspecified atom stereocenters. The molecule has 10 nitrogen and oxygen atoms in total. The molecule has 1 amide bonds. The van der Waals surface area contributed by atoms with Gasteiger partial charge in [0.2, 0.25) is 5.95 Å². The Labute approximate surface area is 220 Å². The summed E-state index contributed by atoms with van der Waals surface area (Å²) in [6.07, 6.45) is 1.62. The first-order valence-corrected chi connectivity index (χ1v) is 12.9. The van der Waals surface area contributed by atoms with Crippen LogP contribution in [0.2, 0.25) is 0 Å². The Kier molecular flexibility index (Phi) is 5.59. The quantitative estimate of drug-likeness (QED) is 0.402. The average Bonchev–Trinajstić information content (AvgIpc) is 3.58. The van der Waals surface area contributed by atoms with E-state index in [2.05, 4.69) is 19.6 Å². The molecular weight excluding hydrogens is 484 g/mol. The first-order chi connectivity index (χ1) is 18.1. The number of benzene rings is 1. The van der Waals surface area contributed by atoms with E-state index in [4.69, 9.17) is 14.2 Å². The number of nitrogens with zero attached hydrogens (tertiary/aromatic N) is 6. The molecule has 6 rings (SSSR count). The fraction of sp³-hybridized carbons (Fsp3) is 0.429. The summed E-state index contributed by atoms with van der Waals surface area (Å²) in [6.45, 7) is 11.3. The van der Waals surface area contributed by atoms with Crippen molar-refractivity contribution in [2.45, 2.75) is 58.7 Å². The maximum atomic E-state index is 12.2. The summed E-state index contributed by atoms with van der Waals surface area (Å²) in [5.74, 6) is 2.29. The van der Waals surface area contributed by atoms with Crippen LogP contribution in [0.5, 0.6) is 5.75 Å². The minimum Gasteiger partial charge on any atom is -0.488 e. The number of imidazole rings is 1. The summed E-state index contributed by atoms with van der Waals surface area (Å²) in [4.78, 5) is 25.7. The van der Waals surface area contributed by atoms with Crippen molar-refractivity contribution >= 4 is 23.1 Å². The standard InChI is InChI=1S/C28H32N6O4/c1-16-23(17(2)38-31-16)19-9-10-21-24-25(19)37-15-22(20-8-6-7-12-29-20)33(24)26(30-21)32-13-11-18(14-32)34(27(35)36)28(3,4)5/h6-10,12,18,22H,11,13-15H2,1-5H3,(H,35,36)/t18-,22+/m0/s1. The molecule has 198 valence electrons. The summed E-state index contributed by atoms with van der Waals surface area (Å²) in [5, 5.41) is 14.1. The topological polar surface area (TPSA) is 110 Å². The lowest BCUT2D eigenvalue weighted by Gasteiger charge is -2.38. The van der Waals surface area contributed by atoms with Gasteiger partial charge in [0, 0.05) is 30.4 Å². The molecule has 0 saturated carbocycles. The van der Waals surface area contributed by atoms with Crippen LogP contribution < -0.4 is 9.64 Å². The number of amides is 1. The second-order valence-electron chi connectivity index (χ2n) is 11.1. The van der Waals surface area contributed by atoms with E-state index in [1.807, 2.05) is 65.0 Å². The Hall–Kier alpha value is -4.08. The lowest BCUT2D eigenvalue weighted by Crippen LogP contribution is -2.52. The number of hydrogen-bond acceptors (Lipinski definition) is 7. The number of aromatic nitrogens is 4. The second-order valence-corrected chi connectivity index (χ2v) is 11.1. The van der Waals surface area contributed by atoms with Crippen LogP contribution in [0, 0.1) is 13.8 Å². The monoisotopic (exact) mass is 516 g/mol. The summed E-state index contributed by atoms with van der Waals surface area (Å²) in [7, 11) is 0. The van der Waals surface area contributed by atoms with Crippen molar-refractivity contribution in [1.82, 2.24) is 24.6 Å². The minimum atomic E-state index is -0.898. The molecule has 0 bridgehead atoms. The van der Waals surface area contributed by atoms with Crippen molar-refractivity contribution in [3.8, 4) is 16.9 Å². The van der Waals surface area contributed by atoms with Gasteiger partial charge in [-0.25, -0.2) is 9.78 Å². The molecule has 0 radical (unpaired) electrons. The first kappa shape index (κ1) is 24.3. The SMILES string of the molecule is Cc1noc(C)c1-c1ccc2nc(N3CC[C@H](N(C(=O)O)C(C)(C)C)C3)n3c2c1OC[C@@H]3c1ccccn1. The zero-order valence-electron chi connectivity index (χ0n) is 22.3. The highest BCUT2D eigenvalue weighted by atomic mass is 16.5. The van der Waals surface area contributed by atoms with E-state index >= 15 is 0 Å². The van der Waals surface area contributed by atoms with Crippen LogP contribution in [0.3, 0.4) is 0 Å². The molecule has 1 fully saturated rings. The average molecular weight is 517 g/mol. The molecular formula is C28H32N6O4. The van der Waals surface area contributed by atoms with Gasteiger partial charge in [-0.1, -0.05) is 11.2 Å². The van der Waals surface area contributed by atoms with Gasteiger partial charge in [0.15, 0.2) is 5.75 Å². The third-order valence-corrected chi connectivity index (χ3v) is 7.56. The highest BCUT2D eigenvalue weighted by Gasteiger charge is 2.40.